The van der Waals surface area contributed by atoms with E-state index in [2.05, 4.69) is 4.98 Å². The summed E-state index contributed by atoms with van der Waals surface area (Å²) in [5.74, 6) is -0.328. The molecule has 0 amide bonds. The van der Waals surface area contributed by atoms with Gasteiger partial charge in [0.25, 0.3) is 0 Å². The van der Waals surface area contributed by atoms with E-state index in [-0.39, 0.29) is 23.6 Å². The van der Waals surface area contributed by atoms with Gasteiger partial charge in [0.05, 0.1) is 16.7 Å². The zero-order chi connectivity index (χ0) is 19.8. The van der Waals surface area contributed by atoms with Crippen LogP contribution in [0.2, 0.25) is 0 Å². The molecule has 0 saturated carbocycles. The van der Waals surface area contributed by atoms with Gasteiger partial charge in [-0.05, 0) is 17.7 Å². The minimum atomic E-state index is -5.09. The SMILES string of the molecule is FC(F)(F)c1cccc(CSc2ncc(C(F)(F)F)cc2C(F)(F)F)c1. The minimum absolute atomic E-state index is 0.0552. The van der Waals surface area contributed by atoms with Crippen molar-refractivity contribution in [3.63, 3.8) is 0 Å². The van der Waals surface area contributed by atoms with Gasteiger partial charge in [0, 0.05) is 11.9 Å². The van der Waals surface area contributed by atoms with Gasteiger partial charge in [0.2, 0.25) is 0 Å². The van der Waals surface area contributed by atoms with Crippen molar-refractivity contribution in [2.75, 3.05) is 0 Å². The van der Waals surface area contributed by atoms with Crippen LogP contribution in [0, 0.1) is 0 Å². The van der Waals surface area contributed by atoms with Crippen LogP contribution in [0.4, 0.5) is 39.5 Å². The Hall–Kier alpha value is -1.91. The van der Waals surface area contributed by atoms with Crippen LogP contribution >= 0.6 is 11.8 Å². The highest BCUT2D eigenvalue weighted by Crippen LogP contribution is 2.40. The highest BCUT2D eigenvalue weighted by atomic mass is 32.2. The smallest absolute Gasteiger partial charge is 0.249 e. The maximum Gasteiger partial charge on any atom is 0.419 e. The molecule has 0 aliphatic carbocycles. The average molecular weight is 405 g/mol. The third-order valence-corrected chi connectivity index (χ3v) is 4.19. The van der Waals surface area contributed by atoms with Crippen molar-refractivity contribution in [2.45, 2.75) is 29.3 Å². The van der Waals surface area contributed by atoms with Crippen molar-refractivity contribution < 1.29 is 39.5 Å². The van der Waals surface area contributed by atoms with E-state index < -0.39 is 40.2 Å². The summed E-state index contributed by atoms with van der Waals surface area (Å²) in [6, 6.07) is 3.83. The molecule has 1 heterocycles. The van der Waals surface area contributed by atoms with Crippen LogP contribution in [0.3, 0.4) is 0 Å². The van der Waals surface area contributed by atoms with Gasteiger partial charge in [-0.3, -0.25) is 0 Å². The molecule has 0 saturated heterocycles. The summed E-state index contributed by atoms with van der Waals surface area (Å²) in [4.78, 5) is 3.20. The van der Waals surface area contributed by atoms with Gasteiger partial charge in [0.1, 0.15) is 5.03 Å². The molecule has 2 rings (SSSR count). The zero-order valence-corrected chi connectivity index (χ0v) is 13.2. The number of hydrogen-bond donors (Lipinski definition) is 0. The number of alkyl halides is 9. The second kappa shape index (κ2) is 7.01. The molecular formula is C15H8F9NS. The van der Waals surface area contributed by atoms with Gasteiger partial charge < -0.3 is 0 Å². The van der Waals surface area contributed by atoms with Crippen molar-refractivity contribution in [3.8, 4) is 0 Å². The second-order valence-electron chi connectivity index (χ2n) is 5.06. The summed E-state index contributed by atoms with van der Waals surface area (Å²) >= 11 is 0.400. The number of rotatable bonds is 3. The fourth-order valence-corrected chi connectivity index (χ4v) is 2.85. The molecule has 1 nitrogen and oxygen atoms in total. The molecule has 0 radical (unpaired) electrons. The molecular weight excluding hydrogens is 397 g/mol. The Balaban J connectivity index is 2.30. The normalized spacial score (nSPS) is 13.1. The predicted molar refractivity (Wildman–Crippen MR) is 75.2 cm³/mol. The molecule has 1 aromatic carbocycles. The van der Waals surface area contributed by atoms with E-state index in [9.17, 15) is 39.5 Å². The lowest BCUT2D eigenvalue weighted by Crippen LogP contribution is -2.13. The van der Waals surface area contributed by atoms with E-state index in [1.165, 1.54) is 6.07 Å². The Morgan fingerprint density at radius 1 is 0.769 bits per heavy atom. The van der Waals surface area contributed by atoms with Gasteiger partial charge in [0.15, 0.2) is 0 Å². The number of halogens is 9. The van der Waals surface area contributed by atoms with E-state index in [4.69, 9.17) is 0 Å². The number of hydrogen-bond acceptors (Lipinski definition) is 2. The van der Waals surface area contributed by atoms with Crippen LogP contribution in [0.15, 0.2) is 41.6 Å². The lowest BCUT2D eigenvalue weighted by molar-refractivity contribution is -0.145. The number of thioether (sulfide) groups is 1. The highest BCUT2D eigenvalue weighted by Gasteiger charge is 2.39. The Bertz CT molecular complexity index is 778. The molecule has 26 heavy (non-hydrogen) atoms. The molecule has 0 unspecified atom stereocenters. The molecule has 1 aromatic heterocycles. The van der Waals surface area contributed by atoms with Gasteiger partial charge in [-0.25, -0.2) is 4.98 Å². The van der Waals surface area contributed by atoms with E-state index in [0.717, 1.165) is 18.2 Å². The maximum atomic E-state index is 13.0. The van der Waals surface area contributed by atoms with Crippen LogP contribution in [-0.4, -0.2) is 4.98 Å². The lowest BCUT2D eigenvalue weighted by Gasteiger charge is -2.15. The summed E-state index contributed by atoms with van der Waals surface area (Å²) in [6.07, 6.45) is -14.5. The first-order valence-electron chi connectivity index (χ1n) is 6.72. The molecule has 0 atom stereocenters. The third kappa shape index (κ3) is 5.05. The Morgan fingerprint density at radius 3 is 1.92 bits per heavy atom. The van der Waals surface area contributed by atoms with Crippen LogP contribution < -0.4 is 0 Å². The van der Waals surface area contributed by atoms with Crippen molar-refractivity contribution in [2.24, 2.45) is 0 Å². The molecule has 142 valence electrons. The first kappa shape index (κ1) is 20.4. The molecule has 0 fully saturated rings. The third-order valence-electron chi connectivity index (χ3n) is 3.11. The summed E-state index contributed by atoms with van der Waals surface area (Å²) < 4.78 is 115. The topological polar surface area (TPSA) is 12.9 Å². The quantitative estimate of drug-likeness (QED) is 0.431. The molecule has 0 aliphatic heterocycles. The van der Waals surface area contributed by atoms with E-state index in [1.54, 1.807) is 0 Å². The molecule has 0 spiro atoms. The minimum Gasteiger partial charge on any atom is -0.249 e. The molecule has 11 heteroatoms. The largest absolute Gasteiger partial charge is 0.419 e. The van der Waals surface area contributed by atoms with E-state index >= 15 is 0 Å². The Morgan fingerprint density at radius 2 is 1.38 bits per heavy atom. The fraction of sp³-hybridized carbons (Fsp3) is 0.267. The van der Waals surface area contributed by atoms with Crippen LogP contribution in [0.1, 0.15) is 22.3 Å². The van der Waals surface area contributed by atoms with Crippen LogP contribution in [0.5, 0.6) is 0 Å². The number of benzene rings is 1. The van der Waals surface area contributed by atoms with E-state index in [0.29, 0.717) is 11.8 Å². The van der Waals surface area contributed by atoms with Crippen molar-refractivity contribution in [1.29, 1.82) is 0 Å². The first-order chi connectivity index (χ1) is 11.8. The maximum absolute atomic E-state index is 13.0. The van der Waals surface area contributed by atoms with Gasteiger partial charge in [-0.15, -0.1) is 11.8 Å². The molecule has 0 bridgehead atoms. The van der Waals surface area contributed by atoms with Crippen molar-refractivity contribution >= 4 is 11.8 Å². The Labute approximate surface area is 145 Å². The fourth-order valence-electron chi connectivity index (χ4n) is 1.91. The number of pyridine rings is 1. The van der Waals surface area contributed by atoms with Gasteiger partial charge in [-0.2, -0.15) is 39.5 Å². The molecule has 0 aliphatic rings. The first-order valence-corrected chi connectivity index (χ1v) is 7.70. The standard InChI is InChI=1S/C15H8F9NS/c16-13(17,18)9-3-1-2-8(4-9)7-26-12-11(15(22,23)24)5-10(6-25-12)14(19,20)21/h1-6H,7H2. The van der Waals surface area contributed by atoms with E-state index in [1.807, 2.05) is 0 Å². The predicted octanol–water partition coefficient (Wildman–Crippen LogP) is 6.43. The second-order valence-corrected chi connectivity index (χ2v) is 6.02. The monoisotopic (exact) mass is 405 g/mol. The van der Waals surface area contributed by atoms with Crippen LogP contribution in [-0.2, 0) is 24.3 Å². The molecule has 0 N–H and O–H groups in total. The van der Waals surface area contributed by atoms with Crippen molar-refractivity contribution in [3.05, 3.63) is 58.8 Å². The number of nitrogens with zero attached hydrogens (tertiary/aromatic N) is 1. The van der Waals surface area contributed by atoms with Gasteiger partial charge >= 0.3 is 18.5 Å². The summed E-state index contributed by atoms with van der Waals surface area (Å²) in [5.41, 5.74) is -4.08. The summed E-state index contributed by atoms with van der Waals surface area (Å²) in [7, 11) is 0. The molecule has 2 aromatic rings. The van der Waals surface area contributed by atoms with Crippen LogP contribution in [0.25, 0.3) is 0 Å². The highest BCUT2D eigenvalue weighted by molar-refractivity contribution is 7.98. The lowest BCUT2D eigenvalue weighted by atomic mass is 10.1. The van der Waals surface area contributed by atoms with Gasteiger partial charge in [-0.1, -0.05) is 18.2 Å². The van der Waals surface area contributed by atoms with Crippen molar-refractivity contribution in [1.82, 2.24) is 4.98 Å². The summed E-state index contributed by atoms with van der Waals surface area (Å²) in [5, 5.41) is -0.747. The number of aromatic nitrogens is 1. The average Bonchev–Trinajstić information content (AvgIpc) is 2.50. The zero-order valence-electron chi connectivity index (χ0n) is 12.4. The summed E-state index contributed by atoms with van der Waals surface area (Å²) in [6.45, 7) is 0. The Kier molecular flexibility index (Phi) is 5.50.